The van der Waals surface area contributed by atoms with Crippen LogP contribution in [-0.4, -0.2) is 27.2 Å². The summed E-state index contributed by atoms with van der Waals surface area (Å²) in [6, 6.07) is 18.7. The van der Waals surface area contributed by atoms with Crippen molar-refractivity contribution in [1.29, 1.82) is 0 Å². The Kier molecular flexibility index (Phi) is 6.19. The molecule has 168 valence electrons. The van der Waals surface area contributed by atoms with Crippen LogP contribution in [0.3, 0.4) is 0 Å². The summed E-state index contributed by atoms with van der Waals surface area (Å²) in [4.78, 5) is 33.3. The molecule has 1 unspecified atom stereocenters. The first-order chi connectivity index (χ1) is 16.0. The topological polar surface area (TPSA) is 61.2 Å². The molecule has 5 rings (SSSR count). The Morgan fingerprint density at radius 1 is 1.15 bits per heavy atom. The maximum atomic E-state index is 13.9. The lowest BCUT2D eigenvalue weighted by atomic mass is 9.96. The SMILES string of the molecule is CC(C)C1Cc2c(sc3nc(SCC(=O)c4ccccc4)n(-c4ccccc4)c(=O)c23)CO1. The van der Waals surface area contributed by atoms with Gasteiger partial charge in [0.25, 0.3) is 5.56 Å². The lowest BCUT2D eigenvalue weighted by Crippen LogP contribution is -2.28. The van der Waals surface area contributed by atoms with Gasteiger partial charge in [-0.3, -0.25) is 14.2 Å². The summed E-state index contributed by atoms with van der Waals surface area (Å²) in [5.41, 5.74) is 2.39. The van der Waals surface area contributed by atoms with Crippen molar-refractivity contribution < 1.29 is 9.53 Å². The quantitative estimate of drug-likeness (QED) is 0.208. The van der Waals surface area contributed by atoms with Crippen molar-refractivity contribution in [3.05, 3.63) is 87.0 Å². The highest BCUT2D eigenvalue weighted by Crippen LogP contribution is 2.36. The molecule has 3 heterocycles. The van der Waals surface area contributed by atoms with Crippen LogP contribution in [0.15, 0.2) is 70.6 Å². The molecule has 1 atom stereocenters. The van der Waals surface area contributed by atoms with Gasteiger partial charge in [-0.1, -0.05) is 74.1 Å². The van der Waals surface area contributed by atoms with Crippen LogP contribution in [0.25, 0.3) is 15.9 Å². The number of carbonyl (C=O) groups excluding carboxylic acids is 1. The third-order valence-electron chi connectivity index (χ3n) is 5.90. The molecule has 1 aliphatic rings. The summed E-state index contributed by atoms with van der Waals surface area (Å²) in [6.45, 7) is 4.80. The molecule has 5 nitrogen and oxygen atoms in total. The average molecular weight is 477 g/mol. The number of nitrogens with zero attached hydrogens (tertiary/aromatic N) is 2. The van der Waals surface area contributed by atoms with Gasteiger partial charge >= 0.3 is 0 Å². The Labute approximate surface area is 200 Å². The summed E-state index contributed by atoms with van der Waals surface area (Å²) in [5.74, 6) is 0.586. The van der Waals surface area contributed by atoms with Crippen LogP contribution in [0.4, 0.5) is 0 Å². The second-order valence-electron chi connectivity index (χ2n) is 8.43. The van der Waals surface area contributed by atoms with Crippen LogP contribution in [0.2, 0.25) is 0 Å². The molecular weight excluding hydrogens is 452 g/mol. The highest BCUT2D eigenvalue weighted by atomic mass is 32.2. The largest absolute Gasteiger partial charge is 0.372 e. The van der Waals surface area contributed by atoms with E-state index >= 15 is 0 Å². The molecule has 0 saturated carbocycles. The van der Waals surface area contributed by atoms with E-state index < -0.39 is 0 Å². The lowest BCUT2D eigenvalue weighted by molar-refractivity contribution is 0.00200. The number of aromatic nitrogens is 2. The minimum absolute atomic E-state index is 0.00760. The standard InChI is InChI=1S/C26H24N2O3S2/c1-16(2)21-13-19-22(14-31-21)33-24-23(19)25(30)28(18-11-7-4-8-12-18)26(27-24)32-15-20(29)17-9-5-3-6-10-17/h3-12,16,21H,13-15H2,1-2H3. The monoisotopic (exact) mass is 476 g/mol. The summed E-state index contributed by atoms with van der Waals surface area (Å²) < 4.78 is 7.68. The summed E-state index contributed by atoms with van der Waals surface area (Å²) >= 11 is 2.83. The first-order valence-electron chi connectivity index (χ1n) is 11.0. The van der Waals surface area contributed by atoms with Crippen LogP contribution < -0.4 is 5.56 Å². The van der Waals surface area contributed by atoms with E-state index in [4.69, 9.17) is 9.72 Å². The molecule has 4 aromatic rings. The van der Waals surface area contributed by atoms with Gasteiger partial charge in [0.05, 0.1) is 29.5 Å². The minimum Gasteiger partial charge on any atom is -0.372 e. The zero-order chi connectivity index (χ0) is 22.9. The van der Waals surface area contributed by atoms with E-state index in [0.717, 1.165) is 27.4 Å². The van der Waals surface area contributed by atoms with E-state index in [2.05, 4.69) is 13.8 Å². The van der Waals surface area contributed by atoms with Gasteiger partial charge in [-0.2, -0.15) is 0 Å². The Bertz CT molecular complexity index is 1360. The van der Waals surface area contributed by atoms with Crippen LogP contribution in [0, 0.1) is 5.92 Å². The predicted molar refractivity (Wildman–Crippen MR) is 134 cm³/mol. The maximum absolute atomic E-state index is 13.9. The Hall–Kier alpha value is -2.74. The molecule has 0 radical (unpaired) electrons. The molecule has 0 spiro atoms. The number of benzene rings is 2. The molecule has 0 aliphatic carbocycles. The summed E-state index contributed by atoms with van der Waals surface area (Å²) in [5, 5.41) is 1.22. The number of carbonyl (C=O) groups is 1. The van der Waals surface area contributed by atoms with Gasteiger partial charge in [0.15, 0.2) is 10.9 Å². The summed E-state index contributed by atoms with van der Waals surface area (Å²) in [7, 11) is 0. The number of ether oxygens (including phenoxy) is 1. The van der Waals surface area contributed by atoms with Gasteiger partial charge in [0.2, 0.25) is 0 Å². The Morgan fingerprint density at radius 3 is 2.55 bits per heavy atom. The third kappa shape index (κ3) is 4.28. The van der Waals surface area contributed by atoms with Crippen molar-refractivity contribution in [3.8, 4) is 5.69 Å². The molecule has 0 saturated heterocycles. The number of rotatable bonds is 6. The number of Topliss-reactive ketones (excluding diaryl/α,β-unsaturated/α-hetero) is 1. The fraction of sp³-hybridized carbons (Fsp3) is 0.269. The van der Waals surface area contributed by atoms with Crippen LogP contribution >= 0.6 is 23.1 Å². The smallest absolute Gasteiger partial charge is 0.267 e. The highest BCUT2D eigenvalue weighted by molar-refractivity contribution is 7.99. The van der Waals surface area contributed by atoms with Crippen LogP contribution in [0.1, 0.15) is 34.6 Å². The number of fused-ring (bicyclic) bond motifs is 3. The number of thioether (sulfide) groups is 1. The fourth-order valence-corrected chi connectivity index (χ4v) is 6.15. The van der Waals surface area contributed by atoms with Crippen LogP contribution in [0.5, 0.6) is 0 Å². The van der Waals surface area contributed by atoms with E-state index in [1.165, 1.54) is 23.1 Å². The normalized spacial score (nSPS) is 15.7. The average Bonchev–Trinajstić information content (AvgIpc) is 3.21. The Morgan fingerprint density at radius 2 is 1.85 bits per heavy atom. The van der Waals surface area contributed by atoms with Crippen molar-refractivity contribution in [2.45, 2.75) is 38.1 Å². The van der Waals surface area contributed by atoms with Gasteiger partial charge in [0, 0.05) is 16.9 Å². The summed E-state index contributed by atoms with van der Waals surface area (Å²) in [6.07, 6.45) is 0.815. The molecule has 7 heteroatoms. The molecule has 33 heavy (non-hydrogen) atoms. The van der Waals surface area contributed by atoms with Gasteiger partial charge in [0.1, 0.15) is 4.83 Å². The molecule has 2 aromatic heterocycles. The van der Waals surface area contributed by atoms with Crippen molar-refractivity contribution in [3.63, 3.8) is 0 Å². The van der Waals surface area contributed by atoms with Gasteiger partial charge < -0.3 is 4.74 Å². The number of ketones is 1. The van der Waals surface area contributed by atoms with Gasteiger partial charge in [-0.05, 0) is 23.6 Å². The maximum Gasteiger partial charge on any atom is 0.267 e. The second-order valence-corrected chi connectivity index (χ2v) is 10.5. The molecule has 0 bridgehead atoms. The molecule has 0 N–H and O–H groups in total. The third-order valence-corrected chi connectivity index (χ3v) is 7.94. The van der Waals surface area contributed by atoms with Gasteiger partial charge in [-0.15, -0.1) is 11.3 Å². The minimum atomic E-state index is -0.0808. The Balaban J connectivity index is 1.60. The number of para-hydroxylation sites is 1. The number of thiophene rings is 1. The number of hydrogen-bond acceptors (Lipinski definition) is 6. The number of hydrogen-bond donors (Lipinski definition) is 0. The van der Waals surface area contributed by atoms with Crippen molar-refractivity contribution >= 4 is 39.1 Å². The van der Waals surface area contributed by atoms with E-state index in [1.807, 2.05) is 60.7 Å². The van der Waals surface area contributed by atoms with Crippen molar-refractivity contribution in [2.24, 2.45) is 5.92 Å². The van der Waals surface area contributed by atoms with Crippen molar-refractivity contribution in [2.75, 3.05) is 5.75 Å². The van der Waals surface area contributed by atoms with E-state index in [9.17, 15) is 9.59 Å². The first-order valence-corrected chi connectivity index (χ1v) is 12.8. The molecule has 1 aliphatic heterocycles. The fourth-order valence-electron chi connectivity index (χ4n) is 4.08. The van der Waals surface area contributed by atoms with E-state index in [0.29, 0.717) is 28.6 Å². The van der Waals surface area contributed by atoms with Crippen LogP contribution in [-0.2, 0) is 17.8 Å². The van der Waals surface area contributed by atoms with E-state index in [1.54, 1.807) is 4.57 Å². The zero-order valence-corrected chi connectivity index (χ0v) is 20.1. The molecular formula is C26H24N2O3S2. The van der Waals surface area contributed by atoms with E-state index in [-0.39, 0.29) is 23.2 Å². The zero-order valence-electron chi connectivity index (χ0n) is 18.5. The predicted octanol–water partition coefficient (Wildman–Crippen LogP) is 5.52. The highest BCUT2D eigenvalue weighted by Gasteiger charge is 2.29. The van der Waals surface area contributed by atoms with Gasteiger partial charge in [-0.25, -0.2) is 4.98 Å². The molecule has 2 aromatic carbocycles. The molecule has 0 amide bonds. The van der Waals surface area contributed by atoms with Crippen molar-refractivity contribution in [1.82, 2.24) is 9.55 Å². The first kappa shape index (κ1) is 22.1. The second kappa shape index (κ2) is 9.25. The molecule has 0 fully saturated rings. The lowest BCUT2D eigenvalue weighted by Gasteiger charge is -2.26.